The molecule has 8 rings (SSSR count). The summed E-state index contributed by atoms with van der Waals surface area (Å²) in [6, 6.07) is 58.0. The van der Waals surface area contributed by atoms with Crippen LogP contribution >= 0.6 is 0 Å². The molecule has 51 heavy (non-hydrogen) atoms. The van der Waals surface area contributed by atoms with Gasteiger partial charge in [-0.15, -0.1) is 0 Å². The number of hydrogen-bond donors (Lipinski definition) is 0. The van der Waals surface area contributed by atoms with Crippen molar-refractivity contribution in [3.05, 3.63) is 200 Å². The Morgan fingerprint density at radius 3 is 1.49 bits per heavy atom. The van der Waals surface area contributed by atoms with Crippen molar-refractivity contribution in [2.24, 2.45) is 0 Å². The van der Waals surface area contributed by atoms with Gasteiger partial charge in [0.05, 0.1) is 11.4 Å². The van der Waals surface area contributed by atoms with Crippen molar-refractivity contribution in [2.75, 3.05) is 0 Å². The molecule has 0 aliphatic rings. The molecule has 0 bridgehead atoms. The second-order valence-electron chi connectivity index (χ2n) is 12.5. The molecule has 7 aromatic carbocycles. The molecule has 0 spiro atoms. The van der Waals surface area contributed by atoms with Gasteiger partial charge in [0.1, 0.15) is 0 Å². The molecule has 0 amide bonds. The summed E-state index contributed by atoms with van der Waals surface area (Å²) in [7, 11) is 0. The summed E-state index contributed by atoms with van der Waals surface area (Å²) in [4.78, 5) is 10.3. The summed E-state index contributed by atoms with van der Waals surface area (Å²) >= 11 is 0. The predicted octanol–water partition coefficient (Wildman–Crippen LogP) is 13.3. The standard InChI is InChI=1S/C49H36N2/c1-3-5-17-34(4-2)39-22-16-23-40(32-39)46-33-45(35-18-8-6-9-19-35)50-49(51-46)38-30-28-37(29-31-38)48-43-26-14-12-24-41(43)47(36-20-10-7-11-21-36)42-25-13-15-27-44(42)48/h3-33H,1H2,2H3/b17-5-,34-4+. The molecule has 0 unspecified atom stereocenters. The maximum Gasteiger partial charge on any atom is 0.160 e. The van der Waals surface area contributed by atoms with Crippen LogP contribution in [0.5, 0.6) is 0 Å². The van der Waals surface area contributed by atoms with Crippen molar-refractivity contribution in [3.63, 3.8) is 0 Å². The van der Waals surface area contributed by atoms with Crippen LogP contribution in [0.25, 0.3) is 83.3 Å². The molecular weight excluding hydrogens is 617 g/mol. The van der Waals surface area contributed by atoms with E-state index >= 15 is 0 Å². The molecule has 2 nitrogen and oxygen atoms in total. The van der Waals surface area contributed by atoms with Gasteiger partial charge in [-0.1, -0.05) is 183 Å². The number of aromatic nitrogens is 2. The van der Waals surface area contributed by atoms with E-state index in [4.69, 9.17) is 9.97 Å². The first-order chi connectivity index (χ1) is 25.2. The summed E-state index contributed by atoms with van der Waals surface area (Å²) in [5.41, 5.74) is 11.9. The second kappa shape index (κ2) is 14.1. The van der Waals surface area contributed by atoms with Crippen LogP contribution in [0.15, 0.2) is 195 Å². The topological polar surface area (TPSA) is 25.8 Å². The monoisotopic (exact) mass is 652 g/mol. The molecule has 0 saturated carbocycles. The highest BCUT2D eigenvalue weighted by molar-refractivity contribution is 6.21. The molecule has 0 N–H and O–H groups in total. The Morgan fingerprint density at radius 2 is 0.941 bits per heavy atom. The highest BCUT2D eigenvalue weighted by atomic mass is 14.9. The Bertz CT molecular complexity index is 2520. The molecular formula is C49H36N2. The van der Waals surface area contributed by atoms with Gasteiger partial charge >= 0.3 is 0 Å². The van der Waals surface area contributed by atoms with Crippen molar-refractivity contribution in [2.45, 2.75) is 6.92 Å². The maximum absolute atomic E-state index is 5.17. The largest absolute Gasteiger partial charge is 0.228 e. The molecule has 0 saturated heterocycles. The van der Waals surface area contributed by atoms with E-state index in [9.17, 15) is 0 Å². The second-order valence-corrected chi connectivity index (χ2v) is 12.5. The van der Waals surface area contributed by atoms with Gasteiger partial charge in [-0.05, 0) is 74.0 Å². The summed E-state index contributed by atoms with van der Waals surface area (Å²) < 4.78 is 0. The van der Waals surface area contributed by atoms with Crippen LogP contribution in [0, 0.1) is 0 Å². The SMILES string of the molecule is C=C/C=C\C(=C/C)c1cccc(-c2cc(-c3ccccc3)nc(-c3ccc(-c4c5ccccc5c(-c5ccccc5)c5ccccc45)cc3)n2)c1. The number of hydrogen-bond acceptors (Lipinski definition) is 2. The summed E-state index contributed by atoms with van der Waals surface area (Å²) in [6.45, 7) is 5.89. The fraction of sp³-hybridized carbons (Fsp3) is 0.0204. The number of benzene rings is 7. The summed E-state index contributed by atoms with van der Waals surface area (Å²) in [5, 5.41) is 4.95. The number of nitrogens with zero attached hydrogens (tertiary/aromatic N) is 2. The third kappa shape index (κ3) is 6.20. The van der Waals surface area contributed by atoms with Crippen LogP contribution in [0.1, 0.15) is 12.5 Å². The Labute approximate surface area is 299 Å². The Morgan fingerprint density at radius 1 is 0.471 bits per heavy atom. The van der Waals surface area contributed by atoms with Crippen LogP contribution in [0.4, 0.5) is 0 Å². The summed E-state index contributed by atoms with van der Waals surface area (Å²) in [5.74, 6) is 0.690. The maximum atomic E-state index is 5.17. The van der Waals surface area contributed by atoms with E-state index in [1.54, 1.807) is 6.08 Å². The quantitative estimate of drug-likeness (QED) is 0.121. The van der Waals surface area contributed by atoms with Crippen LogP contribution in [-0.4, -0.2) is 9.97 Å². The van der Waals surface area contributed by atoms with Gasteiger partial charge in [-0.2, -0.15) is 0 Å². The van der Waals surface area contributed by atoms with E-state index < -0.39 is 0 Å². The predicted molar refractivity (Wildman–Crippen MR) is 217 cm³/mol. The lowest BCUT2D eigenvalue weighted by molar-refractivity contribution is 1.18. The van der Waals surface area contributed by atoms with Gasteiger partial charge in [-0.25, -0.2) is 9.97 Å². The number of fused-ring (bicyclic) bond motifs is 2. The zero-order chi connectivity index (χ0) is 34.6. The third-order valence-corrected chi connectivity index (χ3v) is 9.44. The first kappa shape index (κ1) is 31.6. The summed E-state index contributed by atoms with van der Waals surface area (Å²) in [6.07, 6.45) is 7.95. The molecule has 8 aromatic rings. The van der Waals surface area contributed by atoms with Crippen LogP contribution in [-0.2, 0) is 0 Å². The van der Waals surface area contributed by atoms with Crippen molar-refractivity contribution >= 4 is 27.1 Å². The van der Waals surface area contributed by atoms with Gasteiger partial charge in [0, 0.05) is 16.7 Å². The number of rotatable bonds is 8. The zero-order valence-corrected chi connectivity index (χ0v) is 28.5. The molecule has 2 heteroatoms. The van der Waals surface area contributed by atoms with E-state index in [0.717, 1.165) is 44.8 Å². The van der Waals surface area contributed by atoms with Crippen molar-refractivity contribution in [1.29, 1.82) is 0 Å². The van der Waals surface area contributed by atoms with E-state index in [0.29, 0.717) is 5.82 Å². The van der Waals surface area contributed by atoms with Crippen LogP contribution in [0.3, 0.4) is 0 Å². The zero-order valence-electron chi connectivity index (χ0n) is 28.5. The molecule has 1 heterocycles. The van der Waals surface area contributed by atoms with E-state index in [2.05, 4.69) is 171 Å². The van der Waals surface area contributed by atoms with Crippen molar-refractivity contribution in [1.82, 2.24) is 9.97 Å². The Kier molecular flexibility index (Phi) is 8.72. The van der Waals surface area contributed by atoms with Gasteiger partial charge in [-0.3, -0.25) is 0 Å². The smallest absolute Gasteiger partial charge is 0.160 e. The number of allylic oxidation sites excluding steroid dienone is 5. The fourth-order valence-corrected chi connectivity index (χ4v) is 7.01. The molecule has 0 radical (unpaired) electrons. The molecule has 0 fully saturated rings. The van der Waals surface area contributed by atoms with Crippen LogP contribution in [0.2, 0.25) is 0 Å². The fourth-order valence-electron chi connectivity index (χ4n) is 7.01. The van der Waals surface area contributed by atoms with Gasteiger partial charge in [0.25, 0.3) is 0 Å². The minimum atomic E-state index is 0.690. The van der Waals surface area contributed by atoms with Gasteiger partial charge in [0.15, 0.2) is 5.82 Å². The van der Waals surface area contributed by atoms with Gasteiger partial charge < -0.3 is 0 Å². The lowest BCUT2D eigenvalue weighted by atomic mass is 9.86. The molecule has 1 aromatic heterocycles. The highest BCUT2D eigenvalue weighted by Gasteiger charge is 2.17. The lowest BCUT2D eigenvalue weighted by Crippen LogP contribution is -1.96. The van der Waals surface area contributed by atoms with Crippen molar-refractivity contribution < 1.29 is 0 Å². The molecule has 0 aliphatic heterocycles. The first-order valence-electron chi connectivity index (χ1n) is 17.3. The molecule has 242 valence electrons. The molecule has 0 atom stereocenters. The average Bonchev–Trinajstić information content (AvgIpc) is 3.21. The highest BCUT2D eigenvalue weighted by Crippen LogP contribution is 2.43. The van der Waals surface area contributed by atoms with E-state index in [-0.39, 0.29) is 0 Å². The first-order valence-corrected chi connectivity index (χ1v) is 17.3. The van der Waals surface area contributed by atoms with E-state index in [1.165, 1.54) is 38.2 Å². The average molecular weight is 653 g/mol. The lowest BCUT2D eigenvalue weighted by Gasteiger charge is -2.18. The molecule has 0 aliphatic carbocycles. The normalized spacial score (nSPS) is 11.7. The Hall–Kier alpha value is -6.64. The Balaban J connectivity index is 1.26. The minimum Gasteiger partial charge on any atom is -0.228 e. The van der Waals surface area contributed by atoms with Crippen LogP contribution < -0.4 is 0 Å². The van der Waals surface area contributed by atoms with E-state index in [1.807, 2.05) is 24.3 Å². The third-order valence-electron chi connectivity index (χ3n) is 9.44. The van der Waals surface area contributed by atoms with Crippen molar-refractivity contribution in [3.8, 4) is 56.2 Å². The minimum absolute atomic E-state index is 0.690. The van der Waals surface area contributed by atoms with Gasteiger partial charge in [0.2, 0.25) is 0 Å².